The Balaban J connectivity index is 2.54. The van der Waals surface area contributed by atoms with Gasteiger partial charge in [-0.15, -0.1) is 0 Å². The predicted octanol–water partition coefficient (Wildman–Crippen LogP) is 0.574. The van der Waals surface area contributed by atoms with Crippen LogP contribution < -0.4 is 0 Å². The van der Waals surface area contributed by atoms with Gasteiger partial charge in [-0.1, -0.05) is 0 Å². The zero-order valence-electron chi connectivity index (χ0n) is 8.87. The second kappa shape index (κ2) is 7.16. The Morgan fingerprint density at radius 3 is 2.56 bits per heavy atom. The van der Waals surface area contributed by atoms with Crippen molar-refractivity contribution < 1.29 is 15.0 Å². The normalized spacial score (nSPS) is 10.9. The van der Waals surface area contributed by atoms with E-state index in [0.717, 1.165) is 5.56 Å². The number of nitrogens with zero attached hydrogens (tertiary/aromatic N) is 1. The lowest BCUT2D eigenvalue weighted by molar-refractivity contribution is -0.126. The van der Waals surface area contributed by atoms with Crippen molar-refractivity contribution in [1.29, 1.82) is 0 Å². The molecule has 0 saturated carbocycles. The van der Waals surface area contributed by atoms with E-state index in [2.05, 4.69) is 0 Å². The first-order valence-corrected chi connectivity index (χ1v) is 5.93. The monoisotopic (exact) mass is 241 g/mol. The number of amides is 1. The number of hydrogen-bond donors (Lipinski definition) is 2. The molecule has 0 fully saturated rings. The molecule has 4 nitrogen and oxygen atoms in total. The van der Waals surface area contributed by atoms with Crippen LogP contribution in [0.3, 0.4) is 0 Å². The molecule has 1 rings (SSSR count). The van der Waals surface area contributed by atoms with Gasteiger partial charge in [0.15, 0.2) is 0 Å². The molecule has 5 heteroatoms. The lowest BCUT2D eigenvalue weighted by Crippen LogP contribution is -2.34. The molecule has 0 bridgehead atoms. The molecule has 0 spiro atoms. The molecular formula is C11H15NO3S. The molecule has 0 aliphatic rings. The summed E-state index contributed by atoms with van der Waals surface area (Å²) >= 11 is 1.56. The van der Waals surface area contributed by atoms with Gasteiger partial charge in [-0.25, -0.2) is 0 Å². The first-order valence-electron chi connectivity index (χ1n) is 4.99. The van der Waals surface area contributed by atoms with Gasteiger partial charge in [-0.05, 0) is 28.5 Å². The lowest BCUT2D eigenvalue weighted by Gasteiger charge is -2.18. The minimum absolute atomic E-state index is 0.0992. The smallest absolute Gasteiger partial charge is 0.246 e. The third-order valence-corrected chi connectivity index (χ3v) is 2.71. The molecule has 0 aliphatic heterocycles. The molecule has 1 aromatic heterocycles. The molecule has 1 amide bonds. The standard InChI is InChI=1S/C11H15NO3S/c13-6-4-12(5-7-14)11(15)2-1-10-3-8-16-9-10/h1-3,8-9,13-14H,4-7H2/b2-1+. The summed E-state index contributed by atoms with van der Waals surface area (Å²) in [5.74, 6) is -0.200. The van der Waals surface area contributed by atoms with Crippen LogP contribution in [0.1, 0.15) is 5.56 Å². The van der Waals surface area contributed by atoms with Crippen LogP contribution >= 0.6 is 11.3 Å². The molecule has 0 atom stereocenters. The van der Waals surface area contributed by atoms with Gasteiger partial charge < -0.3 is 15.1 Å². The largest absolute Gasteiger partial charge is 0.395 e. The topological polar surface area (TPSA) is 60.8 Å². The Morgan fingerprint density at radius 1 is 1.38 bits per heavy atom. The summed E-state index contributed by atoms with van der Waals surface area (Å²) in [5.41, 5.74) is 0.978. The highest BCUT2D eigenvalue weighted by Crippen LogP contribution is 2.07. The van der Waals surface area contributed by atoms with Crippen molar-refractivity contribution in [1.82, 2.24) is 4.90 Å². The summed E-state index contributed by atoms with van der Waals surface area (Å²) < 4.78 is 0. The maximum Gasteiger partial charge on any atom is 0.246 e. The van der Waals surface area contributed by atoms with E-state index < -0.39 is 0 Å². The van der Waals surface area contributed by atoms with Crippen molar-refractivity contribution in [2.24, 2.45) is 0 Å². The third kappa shape index (κ3) is 4.14. The number of hydrogen-bond acceptors (Lipinski definition) is 4. The van der Waals surface area contributed by atoms with E-state index in [4.69, 9.17) is 10.2 Å². The Labute approximate surface area is 98.4 Å². The van der Waals surface area contributed by atoms with E-state index in [9.17, 15) is 4.79 Å². The fraction of sp³-hybridized carbons (Fsp3) is 0.364. The molecule has 2 N–H and O–H groups in total. The Hall–Kier alpha value is -1.17. The third-order valence-electron chi connectivity index (χ3n) is 2.01. The highest BCUT2D eigenvalue weighted by Gasteiger charge is 2.08. The Morgan fingerprint density at radius 2 is 2.06 bits per heavy atom. The van der Waals surface area contributed by atoms with Crippen molar-refractivity contribution in [3.8, 4) is 0 Å². The fourth-order valence-corrected chi connectivity index (χ4v) is 1.84. The van der Waals surface area contributed by atoms with Gasteiger partial charge in [-0.2, -0.15) is 11.3 Å². The zero-order chi connectivity index (χ0) is 11.8. The number of rotatable bonds is 6. The van der Waals surface area contributed by atoms with Crippen molar-refractivity contribution in [2.45, 2.75) is 0 Å². The second-order valence-corrected chi connectivity index (χ2v) is 3.94. The van der Waals surface area contributed by atoms with Crippen molar-refractivity contribution >= 4 is 23.3 Å². The van der Waals surface area contributed by atoms with Gasteiger partial charge in [0.1, 0.15) is 0 Å². The van der Waals surface area contributed by atoms with Gasteiger partial charge in [-0.3, -0.25) is 4.79 Å². The van der Waals surface area contributed by atoms with Gasteiger partial charge in [0, 0.05) is 19.2 Å². The van der Waals surface area contributed by atoms with Crippen LogP contribution in [0, 0.1) is 0 Å². The summed E-state index contributed by atoms with van der Waals surface area (Å²) in [7, 11) is 0. The number of thiophene rings is 1. The summed E-state index contributed by atoms with van der Waals surface area (Å²) in [6.07, 6.45) is 3.17. The number of aliphatic hydroxyl groups excluding tert-OH is 2. The van der Waals surface area contributed by atoms with Crippen LogP contribution in [0.15, 0.2) is 22.9 Å². The Bertz CT molecular complexity index is 329. The maximum atomic E-state index is 11.6. The molecule has 88 valence electrons. The van der Waals surface area contributed by atoms with Crippen molar-refractivity contribution in [2.75, 3.05) is 26.3 Å². The molecule has 1 aromatic rings. The van der Waals surface area contributed by atoms with Crippen LogP contribution in [0.25, 0.3) is 6.08 Å². The van der Waals surface area contributed by atoms with Gasteiger partial charge in [0.2, 0.25) is 5.91 Å². The van der Waals surface area contributed by atoms with Crippen LogP contribution in [0.4, 0.5) is 0 Å². The molecule has 1 heterocycles. The number of aliphatic hydroxyl groups is 2. The van der Waals surface area contributed by atoms with Crippen LogP contribution in [-0.2, 0) is 4.79 Å². The molecule has 0 unspecified atom stereocenters. The average molecular weight is 241 g/mol. The maximum absolute atomic E-state index is 11.6. The summed E-state index contributed by atoms with van der Waals surface area (Å²) in [4.78, 5) is 13.0. The van der Waals surface area contributed by atoms with E-state index in [1.165, 1.54) is 11.0 Å². The SMILES string of the molecule is O=C(/C=C/c1ccsc1)N(CCO)CCO. The molecular weight excluding hydrogens is 226 g/mol. The first kappa shape index (κ1) is 12.9. The fourth-order valence-electron chi connectivity index (χ4n) is 1.22. The van der Waals surface area contributed by atoms with E-state index in [-0.39, 0.29) is 32.2 Å². The molecule has 0 radical (unpaired) electrons. The number of carbonyl (C=O) groups excluding carboxylic acids is 1. The average Bonchev–Trinajstić information content (AvgIpc) is 2.78. The number of carbonyl (C=O) groups is 1. The summed E-state index contributed by atoms with van der Waals surface area (Å²) in [6.45, 7) is 0.288. The van der Waals surface area contributed by atoms with Crippen molar-refractivity contribution in [3.63, 3.8) is 0 Å². The lowest BCUT2D eigenvalue weighted by atomic mass is 10.3. The molecule has 0 saturated heterocycles. The van der Waals surface area contributed by atoms with Gasteiger partial charge in [0.25, 0.3) is 0 Å². The van der Waals surface area contributed by atoms with E-state index in [0.29, 0.717) is 0 Å². The first-order chi connectivity index (χ1) is 7.77. The van der Waals surface area contributed by atoms with Crippen LogP contribution in [0.2, 0.25) is 0 Å². The Kier molecular flexibility index (Phi) is 5.77. The predicted molar refractivity (Wildman–Crippen MR) is 64.1 cm³/mol. The van der Waals surface area contributed by atoms with E-state index in [1.807, 2.05) is 16.8 Å². The van der Waals surface area contributed by atoms with Gasteiger partial charge >= 0.3 is 0 Å². The highest BCUT2D eigenvalue weighted by atomic mass is 32.1. The minimum Gasteiger partial charge on any atom is -0.395 e. The van der Waals surface area contributed by atoms with Crippen LogP contribution in [0.5, 0.6) is 0 Å². The highest BCUT2D eigenvalue weighted by molar-refractivity contribution is 7.08. The van der Waals surface area contributed by atoms with Gasteiger partial charge in [0.05, 0.1) is 13.2 Å². The summed E-state index contributed by atoms with van der Waals surface area (Å²) in [6, 6.07) is 1.91. The molecule has 0 aromatic carbocycles. The molecule has 16 heavy (non-hydrogen) atoms. The van der Waals surface area contributed by atoms with E-state index >= 15 is 0 Å². The van der Waals surface area contributed by atoms with Crippen LogP contribution in [-0.4, -0.2) is 47.3 Å². The minimum atomic E-state index is -0.200. The van der Waals surface area contributed by atoms with Crippen molar-refractivity contribution in [3.05, 3.63) is 28.5 Å². The molecule has 0 aliphatic carbocycles. The summed E-state index contributed by atoms with van der Waals surface area (Å²) in [5, 5.41) is 21.4. The quantitative estimate of drug-likeness (QED) is 0.716. The zero-order valence-corrected chi connectivity index (χ0v) is 9.69. The second-order valence-electron chi connectivity index (χ2n) is 3.16. The van der Waals surface area contributed by atoms with E-state index in [1.54, 1.807) is 17.4 Å².